The molecule has 0 aromatic carbocycles. The molecule has 0 unspecified atom stereocenters. The minimum Gasteiger partial charge on any atom is -0.486 e. The van der Waals surface area contributed by atoms with E-state index >= 15 is 0 Å². The van der Waals surface area contributed by atoms with E-state index in [1.807, 2.05) is 0 Å². The summed E-state index contributed by atoms with van der Waals surface area (Å²) in [6, 6.07) is 1.18. The SMILES string of the molecule is COc1sc(C=O)cc1S(=O)(=O)Cl. The molecule has 1 rings (SSSR count). The Morgan fingerprint density at radius 1 is 1.62 bits per heavy atom. The van der Waals surface area contributed by atoms with Gasteiger partial charge in [-0.1, -0.05) is 11.3 Å². The molecule has 1 aromatic heterocycles. The maximum atomic E-state index is 10.9. The zero-order valence-corrected chi connectivity index (χ0v) is 8.87. The maximum absolute atomic E-state index is 10.9. The molecule has 0 spiro atoms. The van der Waals surface area contributed by atoms with Crippen LogP contribution in [0.5, 0.6) is 5.06 Å². The van der Waals surface area contributed by atoms with Crippen LogP contribution in [0.25, 0.3) is 0 Å². The van der Waals surface area contributed by atoms with E-state index in [0.717, 1.165) is 11.3 Å². The summed E-state index contributed by atoms with van der Waals surface area (Å²) in [5.41, 5.74) is 0. The topological polar surface area (TPSA) is 60.4 Å². The number of halogens is 1. The molecule has 1 aromatic rings. The average Bonchev–Trinajstić information content (AvgIpc) is 2.46. The highest BCUT2D eigenvalue weighted by Crippen LogP contribution is 2.34. The van der Waals surface area contributed by atoms with Gasteiger partial charge in [-0.25, -0.2) is 8.42 Å². The second kappa shape index (κ2) is 3.65. The van der Waals surface area contributed by atoms with Crippen molar-refractivity contribution in [2.24, 2.45) is 0 Å². The van der Waals surface area contributed by atoms with E-state index in [9.17, 15) is 13.2 Å². The molecule has 0 radical (unpaired) electrons. The molecular weight excluding hydrogens is 236 g/mol. The van der Waals surface area contributed by atoms with Crippen molar-refractivity contribution in [1.82, 2.24) is 0 Å². The number of carbonyl (C=O) groups excluding carboxylic acids is 1. The number of carbonyl (C=O) groups is 1. The van der Waals surface area contributed by atoms with Crippen LogP contribution in [0.3, 0.4) is 0 Å². The molecule has 0 fully saturated rings. The Balaban J connectivity index is 3.35. The monoisotopic (exact) mass is 240 g/mol. The second-order valence-electron chi connectivity index (χ2n) is 2.06. The van der Waals surface area contributed by atoms with Crippen molar-refractivity contribution in [3.05, 3.63) is 10.9 Å². The number of aldehydes is 1. The number of hydrogen-bond acceptors (Lipinski definition) is 5. The van der Waals surface area contributed by atoms with E-state index in [0.29, 0.717) is 6.29 Å². The van der Waals surface area contributed by atoms with Crippen LogP contribution in [0.1, 0.15) is 9.67 Å². The molecule has 1 heterocycles. The Kier molecular flexibility index (Phi) is 2.94. The van der Waals surface area contributed by atoms with Gasteiger partial charge in [-0.15, -0.1) is 0 Å². The van der Waals surface area contributed by atoms with Crippen LogP contribution >= 0.6 is 22.0 Å². The Morgan fingerprint density at radius 3 is 2.54 bits per heavy atom. The van der Waals surface area contributed by atoms with Crippen molar-refractivity contribution in [2.45, 2.75) is 4.90 Å². The molecular formula is C6H5ClO4S2. The predicted octanol–water partition coefficient (Wildman–Crippen LogP) is 1.50. The molecule has 0 N–H and O–H groups in total. The molecule has 13 heavy (non-hydrogen) atoms. The standard InChI is InChI=1S/C6H5ClO4S2/c1-11-6-5(13(7,9)10)2-4(3-8)12-6/h2-3H,1H3. The Bertz CT molecular complexity index is 420. The summed E-state index contributed by atoms with van der Waals surface area (Å²) < 4.78 is 26.6. The van der Waals surface area contributed by atoms with E-state index in [4.69, 9.17) is 15.4 Å². The molecule has 72 valence electrons. The van der Waals surface area contributed by atoms with Crippen molar-refractivity contribution >= 4 is 37.4 Å². The Labute approximate surface area is 83.5 Å². The van der Waals surface area contributed by atoms with Gasteiger partial charge in [-0.05, 0) is 6.07 Å². The van der Waals surface area contributed by atoms with E-state index in [-0.39, 0.29) is 14.8 Å². The normalized spacial score (nSPS) is 11.2. The van der Waals surface area contributed by atoms with Gasteiger partial charge in [0.25, 0.3) is 9.05 Å². The van der Waals surface area contributed by atoms with Gasteiger partial charge in [0.1, 0.15) is 4.90 Å². The van der Waals surface area contributed by atoms with Crippen molar-refractivity contribution in [1.29, 1.82) is 0 Å². The quantitative estimate of drug-likeness (QED) is 0.593. The van der Waals surface area contributed by atoms with Crippen molar-refractivity contribution < 1.29 is 17.9 Å². The first-order chi connectivity index (χ1) is 5.99. The lowest BCUT2D eigenvalue weighted by atomic mass is 10.5. The van der Waals surface area contributed by atoms with E-state index in [2.05, 4.69) is 0 Å². The third-order valence-corrected chi connectivity index (χ3v) is 3.73. The summed E-state index contributed by atoms with van der Waals surface area (Å²) in [6.07, 6.45) is 0.540. The fraction of sp³-hybridized carbons (Fsp3) is 0.167. The summed E-state index contributed by atoms with van der Waals surface area (Å²) in [7, 11) is 2.57. The Morgan fingerprint density at radius 2 is 2.23 bits per heavy atom. The summed E-state index contributed by atoms with van der Waals surface area (Å²) >= 11 is 0.932. The van der Waals surface area contributed by atoms with Gasteiger partial charge >= 0.3 is 0 Å². The van der Waals surface area contributed by atoms with E-state index in [1.165, 1.54) is 13.2 Å². The Hall–Kier alpha value is -0.590. The van der Waals surface area contributed by atoms with Crippen molar-refractivity contribution in [3.63, 3.8) is 0 Å². The van der Waals surface area contributed by atoms with Crippen LogP contribution < -0.4 is 4.74 Å². The second-order valence-corrected chi connectivity index (χ2v) is 5.64. The molecule has 0 atom stereocenters. The summed E-state index contributed by atoms with van der Waals surface area (Å²) in [6.45, 7) is 0. The van der Waals surface area contributed by atoms with Gasteiger partial charge in [0.05, 0.1) is 12.0 Å². The van der Waals surface area contributed by atoms with Crippen molar-refractivity contribution in [3.8, 4) is 5.06 Å². The highest BCUT2D eigenvalue weighted by molar-refractivity contribution is 8.14. The van der Waals surface area contributed by atoms with Gasteiger partial charge in [0.2, 0.25) is 0 Å². The molecule has 0 bridgehead atoms. The van der Waals surface area contributed by atoms with Gasteiger partial charge in [0, 0.05) is 10.7 Å². The van der Waals surface area contributed by atoms with Crippen LogP contribution in [0, 0.1) is 0 Å². The fourth-order valence-electron chi connectivity index (χ4n) is 0.745. The number of ether oxygens (including phenoxy) is 1. The maximum Gasteiger partial charge on any atom is 0.265 e. The molecule has 7 heteroatoms. The molecule has 0 aliphatic rings. The van der Waals surface area contributed by atoms with Crippen LogP contribution in [0.4, 0.5) is 0 Å². The molecule has 0 aliphatic carbocycles. The third-order valence-electron chi connectivity index (χ3n) is 1.25. The van der Waals surface area contributed by atoms with Crippen molar-refractivity contribution in [2.75, 3.05) is 7.11 Å². The fourth-order valence-corrected chi connectivity index (χ4v) is 2.99. The van der Waals surface area contributed by atoms with Crippen LogP contribution in [-0.2, 0) is 9.05 Å². The van der Waals surface area contributed by atoms with Crippen LogP contribution in [0.15, 0.2) is 11.0 Å². The highest BCUT2D eigenvalue weighted by atomic mass is 35.7. The van der Waals surface area contributed by atoms with E-state index in [1.54, 1.807) is 0 Å². The highest BCUT2D eigenvalue weighted by Gasteiger charge is 2.20. The minimum atomic E-state index is -3.84. The minimum absolute atomic E-state index is 0.122. The number of rotatable bonds is 3. The van der Waals surface area contributed by atoms with Crippen LogP contribution in [0.2, 0.25) is 0 Å². The van der Waals surface area contributed by atoms with Gasteiger partial charge in [-0.2, -0.15) is 0 Å². The zero-order valence-electron chi connectivity index (χ0n) is 6.48. The van der Waals surface area contributed by atoms with Crippen LogP contribution in [-0.4, -0.2) is 21.8 Å². The predicted molar refractivity (Wildman–Crippen MR) is 49.3 cm³/mol. The zero-order chi connectivity index (χ0) is 10.1. The molecule has 4 nitrogen and oxygen atoms in total. The lowest BCUT2D eigenvalue weighted by Gasteiger charge is -1.95. The summed E-state index contributed by atoms with van der Waals surface area (Å²) in [5, 5.41) is 0.122. The largest absolute Gasteiger partial charge is 0.486 e. The smallest absolute Gasteiger partial charge is 0.265 e. The summed E-state index contributed by atoms with van der Waals surface area (Å²) in [5.74, 6) is 0. The molecule has 0 saturated heterocycles. The van der Waals surface area contributed by atoms with E-state index < -0.39 is 9.05 Å². The number of thiophene rings is 1. The first kappa shape index (κ1) is 10.5. The first-order valence-electron chi connectivity index (χ1n) is 3.06. The number of hydrogen-bond donors (Lipinski definition) is 0. The third kappa shape index (κ3) is 2.20. The van der Waals surface area contributed by atoms with Gasteiger partial charge in [-0.3, -0.25) is 4.79 Å². The molecule has 0 aliphatic heterocycles. The number of methoxy groups -OCH3 is 1. The van der Waals surface area contributed by atoms with Gasteiger partial charge in [0.15, 0.2) is 11.3 Å². The lowest BCUT2D eigenvalue weighted by molar-refractivity contribution is 0.112. The average molecular weight is 241 g/mol. The molecule has 0 saturated carbocycles. The lowest BCUT2D eigenvalue weighted by Crippen LogP contribution is -1.91. The molecule has 0 amide bonds. The van der Waals surface area contributed by atoms with Gasteiger partial charge < -0.3 is 4.74 Å². The first-order valence-corrected chi connectivity index (χ1v) is 6.19. The summed E-state index contributed by atoms with van der Waals surface area (Å²) in [4.78, 5) is 10.4.